The van der Waals surface area contributed by atoms with Crippen molar-refractivity contribution < 1.29 is 0 Å². The first-order chi connectivity index (χ1) is 54.4. The predicted molar refractivity (Wildman–Crippen MR) is 467 cm³/mol. The summed E-state index contributed by atoms with van der Waals surface area (Å²) in [6.07, 6.45) is 1.63. The molecule has 0 aliphatic rings. The van der Waals surface area contributed by atoms with Crippen molar-refractivity contribution in [2.75, 3.05) is 0 Å². The van der Waals surface area contributed by atoms with Crippen molar-refractivity contribution in [3.05, 3.63) is 376 Å². The summed E-state index contributed by atoms with van der Waals surface area (Å²) in [5, 5.41) is 22.0. The number of aryl methyl sites for hydroxylation is 2. The second kappa shape index (κ2) is 25.3. The lowest BCUT2D eigenvalue weighted by Crippen LogP contribution is -2.00. The maximum Gasteiger partial charge on any atom is 0.114 e. The SMILES string of the molecule is CCc1nc2ccccc2n1-c1ccc(-c2c3ccc(-c4ccccc4)cc3c(-c3cc4ccc5cccc6ccc(c3)c4c56)c3cc(-c4cc(-c5ccc6c(-c7ccc(-n8c(CC)nc9ccccc98)cc7)c7ccccc7c(-c7ccc(-c8cccc9ccccc89)cc7)c6c5)c5ccccc5c4)ccc23)cc1. The Morgan fingerprint density at radius 2 is 0.582 bits per heavy atom. The monoisotopic (exact) mass is 1400 g/mol. The lowest BCUT2D eigenvalue weighted by molar-refractivity contribution is 0.908. The fourth-order valence-electron chi connectivity index (χ4n) is 18.5. The molecule has 22 aromatic rings. The molecule has 0 radical (unpaired) electrons. The van der Waals surface area contributed by atoms with Crippen LogP contribution in [0.5, 0.6) is 0 Å². The van der Waals surface area contributed by atoms with E-state index < -0.39 is 0 Å². The molecule has 0 fully saturated rings. The number of hydrogen-bond acceptors (Lipinski definition) is 2. The summed E-state index contributed by atoms with van der Waals surface area (Å²) in [6.45, 7) is 4.39. The van der Waals surface area contributed by atoms with Crippen LogP contribution < -0.4 is 0 Å². The molecule has 0 spiro atoms. The van der Waals surface area contributed by atoms with Gasteiger partial charge in [0.05, 0.1) is 22.1 Å². The lowest BCUT2D eigenvalue weighted by Gasteiger charge is -2.21. The normalized spacial score (nSPS) is 12.0. The Balaban J connectivity index is 0.772. The molecule has 4 heteroatoms. The third-order valence-corrected chi connectivity index (χ3v) is 23.5. The standard InChI is InChI=1S/C106H70N4/c1-3-99-107-95-32-14-16-34-97(95)109(99)81-51-44-71(45-52-81)103-86-29-12-13-30-87(86)105(70-38-36-67(37-39-70)84-31-19-24-66-22-8-10-27-83(66)84)94-63-76(50-57-90(94)103)91-64-79(58-75-23-9-11-28-85(75)91)74-49-56-89-93(62-74)106(80-59-77-42-40-68-25-18-26-69-41-43-78(60-80)102(77)101(68)69)92-61-73(65-20-6-5-7-21-65)48-55-88(92)104(89)72-46-53-82(54-47-72)110-98-35-17-15-33-96(98)108-100(110)4-2/h5-64H,3-4H2,1-2H3. The minimum atomic E-state index is 0.814. The van der Waals surface area contributed by atoms with E-state index in [-0.39, 0.29) is 0 Å². The van der Waals surface area contributed by atoms with Crippen LogP contribution in [0.25, 0.3) is 219 Å². The number of benzene rings is 20. The topological polar surface area (TPSA) is 35.6 Å². The summed E-state index contributed by atoms with van der Waals surface area (Å²) in [5.74, 6) is 2.09. The highest BCUT2D eigenvalue weighted by Crippen LogP contribution is 2.51. The highest BCUT2D eigenvalue weighted by atomic mass is 15.1. The third kappa shape index (κ3) is 10.1. The van der Waals surface area contributed by atoms with Crippen molar-refractivity contribution in [2.45, 2.75) is 26.7 Å². The summed E-state index contributed by atoms with van der Waals surface area (Å²) in [7, 11) is 0. The zero-order chi connectivity index (χ0) is 72.7. The number of hydrogen-bond donors (Lipinski definition) is 0. The van der Waals surface area contributed by atoms with Crippen molar-refractivity contribution in [1.29, 1.82) is 0 Å². The van der Waals surface area contributed by atoms with Crippen molar-refractivity contribution in [3.63, 3.8) is 0 Å². The molecule has 0 aliphatic heterocycles. The van der Waals surface area contributed by atoms with Crippen LogP contribution in [0.3, 0.4) is 0 Å². The number of rotatable bonds is 12. The summed E-state index contributed by atoms with van der Waals surface area (Å²) in [4.78, 5) is 10.2. The predicted octanol–water partition coefficient (Wildman–Crippen LogP) is 28.6. The fraction of sp³-hybridized carbons (Fsp3) is 0.0377. The molecule has 0 bridgehead atoms. The van der Waals surface area contributed by atoms with Gasteiger partial charge in [0, 0.05) is 24.2 Å². The molecule has 0 atom stereocenters. The highest BCUT2D eigenvalue weighted by molar-refractivity contribution is 6.28. The van der Waals surface area contributed by atoms with Gasteiger partial charge in [0.15, 0.2) is 0 Å². The lowest BCUT2D eigenvalue weighted by atomic mass is 9.82. The van der Waals surface area contributed by atoms with E-state index in [1.807, 2.05) is 0 Å². The van der Waals surface area contributed by atoms with E-state index in [0.29, 0.717) is 0 Å². The van der Waals surface area contributed by atoms with Gasteiger partial charge in [0.25, 0.3) is 0 Å². The van der Waals surface area contributed by atoms with Crippen molar-refractivity contribution in [1.82, 2.24) is 19.1 Å². The minimum absolute atomic E-state index is 0.814. The summed E-state index contributed by atoms with van der Waals surface area (Å²) >= 11 is 0. The summed E-state index contributed by atoms with van der Waals surface area (Å²) in [5.41, 5.74) is 25.3. The first kappa shape index (κ1) is 63.2. The van der Waals surface area contributed by atoms with E-state index in [4.69, 9.17) is 9.97 Å². The number of para-hydroxylation sites is 4. The van der Waals surface area contributed by atoms with Gasteiger partial charge in [-0.05, 0) is 277 Å². The van der Waals surface area contributed by atoms with Crippen LogP contribution in [0.4, 0.5) is 0 Å². The Hall–Kier alpha value is -14.1. The van der Waals surface area contributed by atoms with E-state index in [9.17, 15) is 0 Å². The Bertz CT molecular complexity index is 7440. The van der Waals surface area contributed by atoms with Gasteiger partial charge in [-0.2, -0.15) is 0 Å². The molecule has 2 aromatic heterocycles. The van der Waals surface area contributed by atoms with Crippen molar-refractivity contribution >= 4 is 119 Å². The first-order valence-corrected chi connectivity index (χ1v) is 38.5. The van der Waals surface area contributed by atoms with Gasteiger partial charge in [0.1, 0.15) is 11.6 Å². The van der Waals surface area contributed by atoms with Crippen LogP contribution in [0.1, 0.15) is 25.5 Å². The molecule has 0 saturated carbocycles. The molecule has 0 N–H and O–H groups in total. The average Bonchev–Trinajstić information content (AvgIpc) is 0.810. The van der Waals surface area contributed by atoms with Crippen molar-refractivity contribution in [3.8, 4) is 100 Å². The number of nitrogens with zero attached hydrogens (tertiary/aromatic N) is 4. The third-order valence-electron chi connectivity index (χ3n) is 23.5. The molecule has 0 aliphatic carbocycles. The van der Waals surface area contributed by atoms with E-state index in [0.717, 1.165) is 85.7 Å². The van der Waals surface area contributed by atoms with Crippen LogP contribution >= 0.6 is 0 Å². The maximum atomic E-state index is 5.11. The zero-order valence-electron chi connectivity index (χ0n) is 60.8. The van der Waals surface area contributed by atoms with Gasteiger partial charge in [-0.15, -0.1) is 0 Å². The van der Waals surface area contributed by atoms with Gasteiger partial charge in [-0.3, -0.25) is 9.13 Å². The number of imidazole rings is 2. The van der Waals surface area contributed by atoms with E-state index in [1.165, 1.54) is 158 Å². The summed E-state index contributed by atoms with van der Waals surface area (Å²) in [6, 6.07) is 137. The molecule has 110 heavy (non-hydrogen) atoms. The molecular formula is C106H70N4. The maximum absolute atomic E-state index is 5.11. The van der Waals surface area contributed by atoms with E-state index in [2.05, 4.69) is 387 Å². The molecule has 0 saturated heterocycles. The Kier molecular flexibility index (Phi) is 14.6. The minimum Gasteiger partial charge on any atom is -0.296 e. The molecule has 0 unspecified atom stereocenters. The van der Waals surface area contributed by atoms with Crippen molar-refractivity contribution in [2.24, 2.45) is 0 Å². The van der Waals surface area contributed by atoms with Crippen LogP contribution in [-0.2, 0) is 12.8 Å². The Morgan fingerprint density at radius 3 is 1.15 bits per heavy atom. The van der Waals surface area contributed by atoms with E-state index >= 15 is 0 Å². The van der Waals surface area contributed by atoms with Crippen LogP contribution in [0, 0.1) is 0 Å². The van der Waals surface area contributed by atoms with E-state index in [1.54, 1.807) is 0 Å². The molecule has 22 rings (SSSR count). The van der Waals surface area contributed by atoms with Gasteiger partial charge in [-0.1, -0.05) is 287 Å². The quantitative estimate of drug-likeness (QED) is 0.0903. The second-order valence-electron chi connectivity index (χ2n) is 29.6. The second-order valence-corrected chi connectivity index (χ2v) is 29.6. The Labute approximate surface area is 636 Å². The van der Waals surface area contributed by atoms with Gasteiger partial charge < -0.3 is 0 Å². The molecule has 514 valence electrons. The fourth-order valence-corrected chi connectivity index (χ4v) is 18.5. The average molecular weight is 1400 g/mol. The van der Waals surface area contributed by atoms with Crippen LogP contribution in [0.15, 0.2) is 364 Å². The summed E-state index contributed by atoms with van der Waals surface area (Å²) < 4.78 is 4.65. The first-order valence-electron chi connectivity index (χ1n) is 38.5. The largest absolute Gasteiger partial charge is 0.296 e. The highest BCUT2D eigenvalue weighted by Gasteiger charge is 2.25. The van der Waals surface area contributed by atoms with Gasteiger partial charge in [-0.25, -0.2) is 9.97 Å². The smallest absolute Gasteiger partial charge is 0.114 e. The molecule has 4 nitrogen and oxygen atoms in total. The van der Waals surface area contributed by atoms with Gasteiger partial charge >= 0.3 is 0 Å². The molecule has 2 heterocycles. The Morgan fingerprint density at radius 1 is 0.209 bits per heavy atom. The van der Waals surface area contributed by atoms with Gasteiger partial charge in [0.2, 0.25) is 0 Å². The molecule has 0 amide bonds. The number of fused-ring (bicyclic) bond motifs is 8. The number of aromatic nitrogens is 4. The van der Waals surface area contributed by atoms with Crippen LogP contribution in [-0.4, -0.2) is 19.1 Å². The molecular weight excluding hydrogens is 1330 g/mol. The molecule has 20 aromatic carbocycles. The zero-order valence-corrected chi connectivity index (χ0v) is 60.8. The van der Waals surface area contributed by atoms with Crippen LogP contribution in [0.2, 0.25) is 0 Å².